The van der Waals surface area contributed by atoms with Gasteiger partial charge in [0.25, 0.3) is 0 Å². The van der Waals surface area contributed by atoms with E-state index in [1.54, 1.807) is 18.2 Å². The molecule has 0 saturated carbocycles. The highest BCUT2D eigenvalue weighted by atomic mass is 32.2. The van der Waals surface area contributed by atoms with E-state index in [1.807, 2.05) is 6.07 Å². The summed E-state index contributed by atoms with van der Waals surface area (Å²) in [7, 11) is 0. The highest BCUT2D eigenvalue weighted by Crippen LogP contribution is 2.19. The van der Waals surface area contributed by atoms with Crippen molar-refractivity contribution in [2.75, 3.05) is 16.8 Å². The number of amides is 1. The molecule has 0 saturated heterocycles. The first-order chi connectivity index (χ1) is 8.74. The molecular weight excluding hydrogens is 268 g/mol. The minimum Gasteiger partial charge on any atom is -0.399 e. The maximum atomic E-state index is 11.7. The third-order valence-corrected chi connectivity index (χ3v) is 3.87. The van der Waals surface area contributed by atoms with Gasteiger partial charge in [-0.3, -0.25) is 4.79 Å². The molecule has 1 amide bonds. The molecule has 7 heteroatoms. The van der Waals surface area contributed by atoms with Crippen LogP contribution in [-0.4, -0.2) is 21.0 Å². The van der Waals surface area contributed by atoms with E-state index in [2.05, 4.69) is 14.7 Å². The van der Waals surface area contributed by atoms with Gasteiger partial charge in [0.15, 0.2) is 4.34 Å². The van der Waals surface area contributed by atoms with Crippen LogP contribution in [0.25, 0.3) is 0 Å². The first kappa shape index (κ1) is 12.8. The van der Waals surface area contributed by atoms with E-state index >= 15 is 0 Å². The number of nitrogen functional groups attached to an aromatic ring is 1. The molecule has 1 aromatic heterocycles. The van der Waals surface area contributed by atoms with Crippen molar-refractivity contribution >= 4 is 40.6 Å². The van der Waals surface area contributed by atoms with Crippen LogP contribution in [0.2, 0.25) is 0 Å². The zero-order chi connectivity index (χ0) is 12.8. The fourth-order valence-corrected chi connectivity index (χ4v) is 2.75. The molecule has 0 aliphatic heterocycles. The zero-order valence-electron chi connectivity index (χ0n) is 9.50. The van der Waals surface area contributed by atoms with Crippen LogP contribution in [0.1, 0.15) is 6.42 Å². The molecule has 0 bridgehead atoms. The number of anilines is 2. The Kier molecular flexibility index (Phi) is 4.54. The Bertz CT molecular complexity index is 516. The molecule has 0 atom stereocenters. The summed E-state index contributed by atoms with van der Waals surface area (Å²) in [6, 6.07) is 7.13. The van der Waals surface area contributed by atoms with Crippen LogP contribution >= 0.6 is 23.3 Å². The molecule has 0 aliphatic rings. The van der Waals surface area contributed by atoms with Crippen molar-refractivity contribution < 1.29 is 4.79 Å². The van der Waals surface area contributed by atoms with Crippen molar-refractivity contribution in [1.29, 1.82) is 0 Å². The number of hydrogen-bond acceptors (Lipinski definition) is 6. The van der Waals surface area contributed by atoms with Crippen molar-refractivity contribution in [3.05, 3.63) is 30.6 Å². The molecule has 0 spiro atoms. The Morgan fingerprint density at radius 1 is 1.50 bits per heavy atom. The predicted octanol–water partition coefficient (Wildman–Crippen LogP) is 2.24. The molecule has 0 unspecified atom stereocenters. The number of carbonyl (C=O) groups excluding carboxylic acids is 1. The van der Waals surface area contributed by atoms with E-state index in [9.17, 15) is 4.79 Å². The van der Waals surface area contributed by atoms with Crippen molar-refractivity contribution in [2.45, 2.75) is 10.8 Å². The maximum absolute atomic E-state index is 11.7. The minimum atomic E-state index is -0.0300. The fraction of sp³-hybridized carbons (Fsp3) is 0.182. The van der Waals surface area contributed by atoms with Crippen molar-refractivity contribution in [3.8, 4) is 0 Å². The van der Waals surface area contributed by atoms with Gasteiger partial charge >= 0.3 is 0 Å². The Labute approximate surface area is 113 Å². The summed E-state index contributed by atoms with van der Waals surface area (Å²) in [4.78, 5) is 15.7. The summed E-state index contributed by atoms with van der Waals surface area (Å²) >= 11 is 2.86. The topological polar surface area (TPSA) is 80.9 Å². The van der Waals surface area contributed by atoms with Gasteiger partial charge in [0.2, 0.25) is 5.91 Å². The van der Waals surface area contributed by atoms with Gasteiger partial charge in [-0.15, -0.1) is 0 Å². The van der Waals surface area contributed by atoms with Gasteiger partial charge in [0.1, 0.15) is 6.33 Å². The summed E-state index contributed by atoms with van der Waals surface area (Å²) in [6.07, 6.45) is 1.94. The summed E-state index contributed by atoms with van der Waals surface area (Å²) in [5, 5.41) is 2.80. The lowest BCUT2D eigenvalue weighted by atomic mass is 10.3. The predicted molar refractivity (Wildman–Crippen MR) is 74.7 cm³/mol. The molecule has 0 radical (unpaired) electrons. The van der Waals surface area contributed by atoms with Crippen LogP contribution in [0.15, 0.2) is 34.9 Å². The van der Waals surface area contributed by atoms with E-state index in [4.69, 9.17) is 5.73 Å². The summed E-state index contributed by atoms with van der Waals surface area (Å²) < 4.78 is 4.77. The molecule has 1 aromatic carbocycles. The first-order valence-corrected chi connectivity index (χ1v) is 7.05. The van der Waals surface area contributed by atoms with E-state index in [-0.39, 0.29) is 5.91 Å². The van der Waals surface area contributed by atoms with Crippen LogP contribution in [0, 0.1) is 0 Å². The highest BCUT2D eigenvalue weighted by Gasteiger charge is 2.04. The van der Waals surface area contributed by atoms with E-state index in [1.165, 1.54) is 29.6 Å². The Morgan fingerprint density at radius 3 is 3.11 bits per heavy atom. The average molecular weight is 280 g/mol. The standard InChI is InChI=1S/C11H12N4OS2/c12-8-2-1-3-9(6-8)15-10(16)4-5-17-11-13-7-14-18-11/h1-3,6-7H,4-5,12H2,(H,15,16). The van der Waals surface area contributed by atoms with E-state index in [0.717, 1.165) is 10.0 Å². The number of nitrogens with two attached hydrogens (primary N) is 1. The number of rotatable bonds is 5. The van der Waals surface area contributed by atoms with Gasteiger partial charge in [-0.05, 0) is 29.7 Å². The third-order valence-electron chi connectivity index (χ3n) is 2.07. The third kappa shape index (κ3) is 4.01. The van der Waals surface area contributed by atoms with Gasteiger partial charge in [-0.2, -0.15) is 4.37 Å². The van der Waals surface area contributed by atoms with Gasteiger partial charge < -0.3 is 11.1 Å². The number of aromatic nitrogens is 2. The van der Waals surface area contributed by atoms with Crippen molar-refractivity contribution in [2.24, 2.45) is 0 Å². The number of carbonyl (C=O) groups is 1. The van der Waals surface area contributed by atoms with Gasteiger partial charge in [0.05, 0.1) is 0 Å². The van der Waals surface area contributed by atoms with Crippen LogP contribution in [0.3, 0.4) is 0 Å². The van der Waals surface area contributed by atoms with Crippen LogP contribution in [0.5, 0.6) is 0 Å². The lowest BCUT2D eigenvalue weighted by Crippen LogP contribution is -2.12. The summed E-state index contributed by atoms with van der Waals surface area (Å²) in [6.45, 7) is 0. The van der Waals surface area contributed by atoms with E-state index in [0.29, 0.717) is 17.9 Å². The lowest BCUT2D eigenvalue weighted by Gasteiger charge is -2.05. The molecule has 3 N–H and O–H groups in total. The molecule has 1 heterocycles. The normalized spacial score (nSPS) is 10.2. The van der Waals surface area contributed by atoms with Crippen LogP contribution < -0.4 is 11.1 Å². The Morgan fingerprint density at radius 2 is 2.39 bits per heavy atom. The number of thioether (sulfide) groups is 1. The molecule has 2 rings (SSSR count). The Balaban J connectivity index is 1.75. The maximum Gasteiger partial charge on any atom is 0.225 e. The number of nitrogens with one attached hydrogen (secondary N) is 1. The van der Waals surface area contributed by atoms with Crippen molar-refractivity contribution in [3.63, 3.8) is 0 Å². The quantitative estimate of drug-likeness (QED) is 0.648. The van der Waals surface area contributed by atoms with Crippen LogP contribution in [0.4, 0.5) is 11.4 Å². The second-order valence-electron chi connectivity index (χ2n) is 3.48. The van der Waals surface area contributed by atoms with Crippen LogP contribution in [-0.2, 0) is 4.79 Å². The lowest BCUT2D eigenvalue weighted by molar-refractivity contribution is -0.115. The first-order valence-electron chi connectivity index (χ1n) is 5.29. The van der Waals surface area contributed by atoms with Gasteiger partial charge in [0, 0.05) is 23.5 Å². The Hall–Kier alpha value is -1.60. The second-order valence-corrected chi connectivity index (χ2v) is 5.60. The SMILES string of the molecule is Nc1cccc(NC(=O)CCSc2ncns2)c1. The van der Waals surface area contributed by atoms with Crippen molar-refractivity contribution in [1.82, 2.24) is 9.36 Å². The average Bonchev–Trinajstić information content (AvgIpc) is 2.82. The summed E-state index contributed by atoms with van der Waals surface area (Å²) in [5.74, 6) is 0.654. The fourth-order valence-electron chi connectivity index (χ4n) is 1.30. The zero-order valence-corrected chi connectivity index (χ0v) is 11.1. The monoisotopic (exact) mass is 280 g/mol. The largest absolute Gasteiger partial charge is 0.399 e. The smallest absolute Gasteiger partial charge is 0.225 e. The molecule has 5 nitrogen and oxygen atoms in total. The molecule has 0 fully saturated rings. The molecule has 94 valence electrons. The minimum absolute atomic E-state index is 0.0300. The summed E-state index contributed by atoms with van der Waals surface area (Å²) in [5.41, 5.74) is 6.99. The number of benzene rings is 1. The second kappa shape index (κ2) is 6.36. The van der Waals surface area contributed by atoms with E-state index < -0.39 is 0 Å². The number of hydrogen-bond donors (Lipinski definition) is 2. The molecular formula is C11H12N4OS2. The highest BCUT2D eigenvalue weighted by molar-refractivity contribution is 8.00. The molecule has 2 aromatic rings. The van der Waals surface area contributed by atoms with Gasteiger partial charge in [-0.1, -0.05) is 17.8 Å². The number of nitrogens with zero attached hydrogens (tertiary/aromatic N) is 2. The molecule has 0 aliphatic carbocycles. The molecule has 18 heavy (non-hydrogen) atoms. The van der Waals surface area contributed by atoms with Gasteiger partial charge in [-0.25, -0.2) is 4.98 Å².